The minimum Gasteiger partial charge on any atom is -0.316 e. The monoisotopic (exact) mass is 558 g/mol. The standard InChI is InChI=1S/C25H27Cl2F3N4OS/c1-3-36-21-7-6-16(26)9-15(21)11-34-14-32-23-18(24(34)35)10-20(25(28,29)30)19(22(23)27)13-33-8-4-5-17(12-33)31-2/h6-7,9-10,14,17,31H,3-5,8,11-13H2,1-2H3/t17-/m1/s1. The van der Waals surface area contributed by atoms with Crippen molar-refractivity contribution in [1.29, 1.82) is 0 Å². The first kappa shape index (κ1) is 27.3. The van der Waals surface area contributed by atoms with Crippen LogP contribution >= 0.6 is 35.0 Å². The molecule has 1 N–H and O–H groups in total. The Kier molecular flexibility index (Phi) is 8.56. The molecule has 1 fully saturated rings. The van der Waals surface area contributed by atoms with Gasteiger partial charge < -0.3 is 5.32 Å². The molecular formula is C25H27Cl2F3N4OS. The summed E-state index contributed by atoms with van der Waals surface area (Å²) in [5.74, 6) is 0.818. The number of fused-ring (bicyclic) bond motifs is 1. The van der Waals surface area contributed by atoms with E-state index in [1.807, 2.05) is 24.9 Å². The summed E-state index contributed by atoms with van der Waals surface area (Å²) in [6.45, 7) is 3.47. The van der Waals surface area contributed by atoms with E-state index in [-0.39, 0.29) is 40.6 Å². The average molecular weight is 559 g/mol. The minimum absolute atomic E-state index is 0.0344. The van der Waals surface area contributed by atoms with Crippen molar-refractivity contribution in [3.63, 3.8) is 0 Å². The number of benzene rings is 2. The van der Waals surface area contributed by atoms with Gasteiger partial charge in [-0.05, 0) is 67.6 Å². The summed E-state index contributed by atoms with van der Waals surface area (Å²) in [5, 5.41) is 3.43. The molecule has 11 heteroatoms. The quantitative estimate of drug-likeness (QED) is 0.357. The number of piperidine rings is 1. The van der Waals surface area contributed by atoms with Crippen LogP contribution in [0.1, 0.15) is 36.5 Å². The molecule has 0 bridgehead atoms. The van der Waals surface area contributed by atoms with E-state index in [4.69, 9.17) is 23.2 Å². The van der Waals surface area contributed by atoms with Crippen molar-refractivity contribution >= 4 is 45.9 Å². The van der Waals surface area contributed by atoms with Gasteiger partial charge in [0.25, 0.3) is 5.56 Å². The van der Waals surface area contributed by atoms with Crippen molar-refractivity contribution < 1.29 is 13.2 Å². The summed E-state index contributed by atoms with van der Waals surface area (Å²) < 4.78 is 43.8. The van der Waals surface area contributed by atoms with Crippen LogP contribution in [0.25, 0.3) is 10.9 Å². The number of thioether (sulfide) groups is 1. The summed E-state index contributed by atoms with van der Waals surface area (Å²) in [6, 6.07) is 6.50. The van der Waals surface area contributed by atoms with Crippen LogP contribution in [-0.4, -0.2) is 46.4 Å². The van der Waals surface area contributed by atoms with Gasteiger partial charge in [-0.15, -0.1) is 11.8 Å². The predicted octanol–water partition coefficient (Wildman–Crippen LogP) is 6.07. The van der Waals surface area contributed by atoms with Crippen molar-refractivity contribution in [2.24, 2.45) is 0 Å². The van der Waals surface area contributed by atoms with Gasteiger partial charge in [-0.25, -0.2) is 4.98 Å². The van der Waals surface area contributed by atoms with Crippen LogP contribution in [0.3, 0.4) is 0 Å². The highest BCUT2D eigenvalue weighted by Crippen LogP contribution is 2.39. The van der Waals surface area contributed by atoms with Gasteiger partial charge in [0.15, 0.2) is 0 Å². The first-order chi connectivity index (χ1) is 17.1. The molecule has 2 aromatic carbocycles. The largest absolute Gasteiger partial charge is 0.416 e. The Morgan fingerprint density at radius 2 is 2.00 bits per heavy atom. The van der Waals surface area contributed by atoms with Crippen molar-refractivity contribution in [2.75, 3.05) is 25.9 Å². The Hall–Kier alpha value is -1.78. The van der Waals surface area contributed by atoms with E-state index >= 15 is 0 Å². The lowest BCUT2D eigenvalue weighted by Gasteiger charge is -2.33. The van der Waals surface area contributed by atoms with Crippen molar-refractivity contribution in [3.05, 3.63) is 67.7 Å². The van der Waals surface area contributed by atoms with E-state index in [9.17, 15) is 18.0 Å². The topological polar surface area (TPSA) is 50.2 Å². The van der Waals surface area contributed by atoms with E-state index in [1.165, 1.54) is 10.9 Å². The summed E-state index contributed by atoms with van der Waals surface area (Å²) in [5.41, 5.74) is -0.653. The third-order valence-electron chi connectivity index (χ3n) is 6.42. The second-order valence-electron chi connectivity index (χ2n) is 8.84. The number of nitrogens with one attached hydrogen (secondary N) is 1. The van der Waals surface area contributed by atoms with Gasteiger partial charge in [0.05, 0.1) is 34.4 Å². The van der Waals surface area contributed by atoms with Gasteiger partial charge in [-0.1, -0.05) is 30.1 Å². The van der Waals surface area contributed by atoms with Crippen LogP contribution < -0.4 is 10.9 Å². The second-order valence-corrected chi connectivity index (χ2v) is 11.0. The molecule has 0 aliphatic carbocycles. The van der Waals surface area contributed by atoms with E-state index in [0.717, 1.165) is 35.1 Å². The Morgan fingerprint density at radius 1 is 1.22 bits per heavy atom. The number of likely N-dealkylation sites (N-methyl/N-ethyl adjacent to an activating group) is 1. The summed E-state index contributed by atoms with van der Waals surface area (Å²) in [6.07, 6.45) is -1.48. The van der Waals surface area contributed by atoms with Crippen LogP contribution in [0.4, 0.5) is 13.2 Å². The van der Waals surface area contributed by atoms with E-state index in [0.29, 0.717) is 18.1 Å². The smallest absolute Gasteiger partial charge is 0.316 e. The molecule has 4 rings (SSSR count). The molecular weight excluding hydrogens is 532 g/mol. The average Bonchev–Trinajstić information content (AvgIpc) is 2.83. The molecule has 5 nitrogen and oxygen atoms in total. The number of hydrogen-bond donors (Lipinski definition) is 1. The van der Waals surface area contributed by atoms with Crippen LogP contribution in [0.5, 0.6) is 0 Å². The van der Waals surface area contributed by atoms with Crippen LogP contribution in [0.15, 0.2) is 40.3 Å². The molecule has 194 valence electrons. The maximum absolute atomic E-state index is 14.2. The molecule has 1 aromatic heterocycles. The molecule has 0 amide bonds. The maximum Gasteiger partial charge on any atom is 0.416 e. The molecule has 1 aliphatic heterocycles. The fraction of sp³-hybridized carbons (Fsp3) is 0.440. The molecule has 0 unspecified atom stereocenters. The number of hydrogen-bond acceptors (Lipinski definition) is 5. The Morgan fingerprint density at radius 3 is 2.69 bits per heavy atom. The lowest BCUT2D eigenvalue weighted by atomic mass is 10.0. The number of nitrogens with zero attached hydrogens (tertiary/aromatic N) is 3. The van der Waals surface area contributed by atoms with Gasteiger partial charge in [-0.3, -0.25) is 14.3 Å². The Balaban J connectivity index is 1.78. The van der Waals surface area contributed by atoms with Gasteiger partial charge in [0.1, 0.15) is 0 Å². The highest BCUT2D eigenvalue weighted by Gasteiger charge is 2.36. The number of aromatic nitrogens is 2. The van der Waals surface area contributed by atoms with Gasteiger partial charge >= 0.3 is 6.18 Å². The molecule has 3 aromatic rings. The third-order valence-corrected chi connectivity index (χ3v) is 8.06. The van der Waals surface area contributed by atoms with Gasteiger partial charge in [-0.2, -0.15) is 13.2 Å². The summed E-state index contributed by atoms with van der Waals surface area (Å²) >= 11 is 14.3. The molecule has 1 atom stereocenters. The first-order valence-electron chi connectivity index (χ1n) is 11.7. The third kappa shape index (κ3) is 5.86. The maximum atomic E-state index is 14.2. The van der Waals surface area contributed by atoms with Gasteiger partial charge in [0, 0.05) is 29.0 Å². The highest BCUT2D eigenvalue weighted by atomic mass is 35.5. The number of halogens is 5. The number of likely N-dealkylation sites (tertiary alicyclic amines) is 1. The zero-order chi connectivity index (χ0) is 26.0. The normalized spacial score (nSPS) is 17.1. The lowest BCUT2D eigenvalue weighted by Crippen LogP contribution is -2.44. The van der Waals surface area contributed by atoms with Crippen molar-refractivity contribution in [1.82, 2.24) is 19.8 Å². The fourth-order valence-electron chi connectivity index (χ4n) is 4.63. The molecule has 1 aliphatic rings. The zero-order valence-electron chi connectivity index (χ0n) is 20.0. The molecule has 2 heterocycles. The Bertz CT molecular complexity index is 1320. The number of rotatable bonds is 7. The first-order valence-corrected chi connectivity index (χ1v) is 13.4. The van der Waals surface area contributed by atoms with Crippen LogP contribution in [-0.2, 0) is 19.3 Å². The summed E-state index contributed by atoms with van der Waals surface area (Å²) in [4.78, 5) is 20.6. The molecule has 0 spiro atoms. The Labute approximate surface area is 222 Å². The van der Waals surface area contributed by atoms with Crippen molar-refractivity contribution in [3.8, 4) is 0 Å². The minimum atomic E-state index is -4.67. The number of alkyl halides is 3. The zero-order valence-corrected chi connectivity index (χ0v) is 22.3. The molecule has 0 saturated carbocycles. The lowest BCUT2D eigenvalue weighted by molar-refractivity contribution is -0.138. The SMILES string of the molecule is CCSc1ccc(Cl)cc1Cn1cnc2c(Cl)c(CN3CCC[C@@H](NC)C3)c(C(F)(F)F)cc2c1=O. The fourth-order valence-corrected chi connectivity index (χ4v) is 5.92. The second kappa shape index (κ2) is 11.3. The summed E-state index contributed by atoms with van der Waals surface area (Å²) in [7, 11) is 1.85. The van der Waals surface area contributed by atoms with E-state index in [1.54, 1.807) is 23.9 Å². The predicted molar refractivity (Wildman–Crippen MR) is 140 cm³/mol. The van der Waals surface area contributed by atoms with Crippen LogP contribution in [0.2, 0.25) is 10.0 Å². The molecule has 0 radical (unpaired) electrons. The highest BCUT2D eigenvalue weighted by molar-refractivity contribution is 7.99. The van der Waals surface area contributed by atoms with Crippen molar-refractivity contribution in [2.45, 2.75) is 50.0 Å². The van der Waals surface area contributed by atoms with Gasteiger partial charge in [0.2, 0.25) is 0 Å². The van der Waals surface area contributed by atoms with E-state index in [2.05, 4.69) is 10.3 Å². The molecule has 36 heavy (non-hydrogen) atoms. The van der Waals surface area contributed by atoms with E-state index < -0.39 is 17.3 Å². The van der Waals surface area contributed by atoms with Crippen LogP contribution in [0, 0.1) is 0 Å². The molecule has 1 saturated heterocycles.